The Morgan fingerprint density at radius 2 is 2.00 bits per heavy atom. The summed E-state index contributed by atoms with van der Waals surface area (Å²) < 4.78 is 0. The number of nitrogens with zero attached hydrogens (tertiary/aromatic N) is 1. The number of anilines is 1. The quantitative estimate of drug-likeness (QED) is 0.833. The molecule has 1 amide bonds. The first-order chi connectivity index (χ1) is 13.2. The van der Waals surface area contributed by atoms with Crippen LogP contribution in [-0.4, -0.2) is 30.5 Å². The van der Waals surface area contributed by atoms with Crippen molar-refractivity contribution >= 4 is 22.4 Å². The third kappa shape index (κ3) is 4.96. The SMILES string of the molecule is C[C@@H]1CCc2nc(NC(=O)C[NH+]3CCC(Cc4ccccc4)CC3)sc2C1. The lowest BCUT2D eigenvalue weighted by Crippen LogP contribution is -3.14. The Labute approximate surface area is 166 Å². The smallest absolute Gasteiger partial charge is 0.281 e. The van der Waals surface area contributed by atoms with Gasteiger partial charge in [0.15, 0.2) is 11.7 Å². The number of rotatable bonds is 5. The second-order valence-corrected chi connectivity index (χ2v) is 9.43. The number of carbonyl (C=O) groups excluding carboxylic acids is 1. The molecule has 1 aromatic carbocycles. The number of carbonyl (C=O) groups is 1. The molecule has 0 bridgehead atoms. The van der Waals surface area contributed by atoms with Crippen LogP contribution in [0.1, 0.15) is 42.3 Å². The molecule has 144 valence electrons. The fourth-order valence-corrected chi connectivity index (χ4v) is 5.59. The molecule has 2 aromatic rings. The molecule has 1 atom stereocenters. The van der Waals surface area contributed by atoms with Gasteiger partial charge < -0.3 is 4.90 Å². The van der Waals surface area contributed by atoms with Gasteiger partial charge in [0.2, 0.25) is 0 Å². The number of nitrogens with one attached hydrogen (secondary N) is 2. The number of likely N-dealkylation sites (tertiary alicyclic amines) is 1. The summed E-state index contributed by atoms with van der Waals surface area (Å²) in [6.07, 6.45) is 6.98. The lowest BCUT2D eigenvalue weighted by atomic mass is 9.90. The zero-order valence-electron chi connectivity index (χ0n) is 16.2. The third-order valence-corrected chi connectivity index (χ3v) is 7.06. The molecular weight excluding hydrogens is 354 g/mol. The summed E-state index contributed by atoms with van der Waals surface area (Å²) in [5, 5.41) is 3.86. The molecule has 4 nitrogen and oxygen atoms in total. The van der Waals surface area contributed by atoms with Crippen LogP contribution >= 0.6 is 11.3 Å². The predicted molar refractivity (Wildman–Crippen MR) is 110 cm³/mol. The third-order valence-electron chi connectivity index (χ3n) is 6.02. The van der Waals surface area contributed by atoms with Gasteiger partial charge in [0.1, 0.15) is 0 Å². The van der Waals surface area contributed by atoms with Crippen molar-refractivity contribution in [1.82, 2.24) is 4.98 Å². The Kier molecular flexibility index (Phi) is 5.89. The van der Waals surface area contributed by atoms with Crippen molar-refractivity contribution in [2.45, 2.75) is 45.4 Å². The number of hydrogen-bond donors (Lipinski definition) is 2. The van der Waals surface area contributed by atoms with E-state index in [-0.39, 0.29) is 5.91 Å². The van der Waals surface area contributed by atoms with E-state index in [0.29, 0.717) is 6.54 Å². The molecule has 1 aliphatic heterocycles. The van der Waals surface area contributed by atoms with Crippen molar-refractivity contribution in [3.63, 3.8) is 0 Å². The first-order valence-electron chi connectivity index (χ1n) is 10.3. The maximum Gasteiger partial charge on any atom is 0.281 e. The lowest BCUT2D eigenvalue weighted by molar-refractivity contribution is -0.898. The molecule has 5 heteroatoms. The number of hydrogen-bond acceptors (Lipinski definition) is 3. The molecular formula is C22H30N3OS+. The van der Waals surface area contributed by atoms with Gasteiger partial charge in [0, 0.05) is 4.88 Å². The molecule has 27 heavy (non-hydrogen) atoms. The van der Waals surface area contributed by atoms with E-state index >= 15 is 0 Å². The molecule has 4 rings (SSSR count). The Bertz CT molecular complexity index is 765. The number of amides is 1. The van der Waals surface area contributed by atoms with Crippen LogP contribution in [0.4, 0.5) is 5.13 Å². The zero-order chi connectivity index (χ0) is 18.6. The van der Waals surface area contributed by atoms with Gasteiger partial charge in [-0.05, 0) is 55.9 Å². The molecule has 2 heterocycles. The Morgan fingerprint density at radius 3 is 2.78 bits per heavy atom. The van der Waals surface area contributed by atoms with Crippen molar-refractivity contribution in [2.24, 2.45) is 11.8 Å². The van der Waals surface area contributed by atoms with E-state index in [9.17, 15) is 4.79 Å². The molecule has 0 radical (unpaired) electrons. The maximum absolute atomic E-state index is 12.5. The maximum atomic E-state index is 12.5. The van der Waals surface area contributed by atoms with E-state index in [0.717, 1.165) is 42.9 Å². The number of aryl methyl sites for hydroxylation is 1. The zero-order valence-corrected chi connectivity index (χ0v) is 17.0. The van der Waals surface area contributed by atoms with Gasteiger partial charge in [0.25, 0.3) is 5.91 Å². The predicted octanol–water partition coefficient (Wildman–Crippen LogP) is 2.74. The van der Waals surface area contributed by atoms with Crippen LogP contribution < -0.4 is 10.2 Å². The number of fused-ring (bicyclic) bond motifs is 1. The molecule has 2 aliphatic rings. The highest BCUT2D eigenvalue weighted by molar-refractivity contribution is 7.15. The minimum absolute atomic E-state index is 0.116. The number of aromatic nitrogens is 1. The highest BCUT2D eigenvalue weighted by Crippen LogP contribution is 2.31. The Hall–Kier alpha value is -1.72. The van der Waals surface area contributed by atoms with Gasteiger partial charge in [-0.2, -0.15) is 0 Å². The van der Waals surface area contributed by atoms with Crippen LogP contribution in [0, 0.1) is 11.8 Å². The van der Waals surface area contributed by atoms with Crippen LogP contribution in [0.3, 0.4) is 0 Å². The summed E-state index contributed by atoms with van der Waals surface area (Å²) in [4.78, 5) is 19.9. The van der Waals surface area contributed by atoms with Crippen LogP contribution in [0.25, 0.3) is 0 Å². The standard InChI is InChI=1S/C22H29N3OS/c1-16-7-8-19-20(13-16)27-22(23-19)24-21(26)15-25-11-9-18(10-12-25)14-17-5-3-2-4-6-17/h2-6,16,18H,7-15H2,1H3,(H,23,24,26)/p+1/t16-/m1/s1. The first-order valence-corrected chi connectivity index (χ1v) is 11.1. The van der Waals surface area contributed by atoms with Crippen molar-refractivity contribution < 1.29 is 9.69 Å². The second kappa shape index (κ2) is 8.53. The summed E-state index contributed by atoms with van der Waals surface area (Å²) in [7, 11) is 0. The van der Waals surface area contributed by atoms with E-state index < -0.39 is 0 Å². The summed E-state index contributed by atoms with van der Waals surface area (Å²) in [6.45, 7) is 5.05. The first kappa shape index (κ1) is 18.6. The molecule has 0 saturated carbocycles. The minimum Gasteiger partial charge on any atom is -0.327 e. The van der Waals surface area contributed by atoms with Gasteiger partial charge in [-0.3, -0.25) is 10.1 Å². The number of quaternary nitrogens is 1. The van der Waals surface area contributed by atoms with Crippen molar-refractivity contribution in [3.05, 3.63) is 46.5 Å². The molecule has 1 aromatic heterocycles. The molecule has 1 aliphatic carbocycles. The van der Waals surface area contributed by atoms with E-state index in [1.165, 1.54) is 46.7 Å². The van der Waals surface area contributed by atoms with E-state index in [2.05, 4.69) is 47.6 Å². The molecule has 0 unspecified atom stereocenters. The van der Waals surface area contributed by atoms with E-state index in [1.54, 1.807) is 11.3 Å². The largest absolute Gasteiger partial charge is 0.327 e. The van der Waals surface area contributed by atoms with Gasteiger partial charge in [0.05, 0.1) is 18.8 Å². The van der Waals surface area contributed by atoms with Crippen molar-refractivity contribution in [2.75, 3.05) is 25.0 Å². The van der Waals surface area contributed by atoms with Gasteiger partial charge in [-0.15, -0.1) is 11.3 Å². The van der Waals surface area contributed by atoms with Crippen LogP contribution in [-0.2, 0) is 24.1 Å². The fourth-order valence-electron chi connectivity index (χ4n) is 4.40. The van der Waals surface area contributed by atoms with Gasteiger partial charge in [-0.1, -0.05) is 37.3 Å². The normalized spacial score (nSPS) is 25.0. The molecule has 1 fully saturated rings. The van der Waals surface area contributed by atoms with Gasteiger partial charge >= 0.3 is 0 Å². The summed E-state index contributed by atoms with van der Waals surface area (Å²) in [6, 6.07) is 10.8. The number of benzene rings is 1. The lowest BCUT2D eigenvalue weighted by Gasteiger charge is -2.28. The minimum atomic E-state index is 0.116. The average molecular weight is 385 g/mol. The second-order valence-electron chi connectivity index (χ2n) is 8.34. The van der Waals surface area contributed by atoms with Crippen LogP contribution in [0.5, 0.6) is 0 Å². The van der Waals surface area contributed by atoms with Crippen molar-refractivity contribution in [1.29, 1.82) is 0 Å². The molecule has 2 N–H and O–H groups in total. The van der Waals surface area contributed by atoms with Crippen molar-refractivity contribution in [3.8, 4) is 0 Å². The van der Waals surface area contributed by atoms with E-state index in [1.807, 2.05) is 0 Å². The van der Waals surface area contributed by atoms with E-state index in [4.69, 9.17) is 0 Å². The van der Waals surface area contributed by atoms with Crippen LogP contribution in [0.2, 0.25) is 0 Å². The summed E-state index contributed by atoms with van der Waals surface area (Å²) in [5.74, 6) is 1.61. The highest BCUT2D eigenvalue weighted by Gasteiger charge is 2.25. The Balaban J connectivity index is 1.23. The highest BCUT2D eigenvalue weighted by atomic mass is 32.1. The number of piperidine rings is 1. The number of thiazole rings is 1. The van der Waals surface area contributed by atoms with Gasteiger partial charge in [-0.25, -0.2) is 4.98 Å². The fraction of sp³-hybridized carbons (Fsp3) is 0.545. The molecule has 1 saturated heterocycles. The monoisotopic (exact) mass is 384 g/mol. The Morgan fingerprint density at radius 1 is 1.22 bits per heavy atom. The summed E-state index contributed by atoms with van der Waals surface area (Å²) in [5.41, 5.74) is 2.65. The topological polar surface area (TPSA) is 46.4 Å². The summed E-state index contributed by atoms with van der Waals surface area (Å²) >= 11 is 1.68. The van der Waals surface area contributed by atoms with Crippen LogP contribution in [0.15, 0.2) is 30.3 Å². The molecule has 0 spiro atoms. The average Bonchev–Trinajstić information content (AvgIpc) is 3.05.